The van der Waals surface area contributed by atoms with Gasteiger partial charge in [-0.2, -0.15) is 0 Å². The molecule has 92 valence electrons. The van der Waals surface area contributed by atoms with E-state index in [0.29, 0.717) is 12.8 Å². The van der Waals surface area contributed by atoms with Crippen LogP contribution in [-0.4, -0.2) is 17.9 Å². The molecule has 0 saturated carbocycles. The Balaban J connectivity index is 2.80. The molecule has 0 bridgehead atoms. The van der Waals surface area contributed by atoms with E-state index in [4.69, 9.17) is 4.74 Å². The van der Waals surface area contributed by atoms with Crippen molar-refractivity contribution in [2.45, 2.75) is 65.4 Å². The van der Waals surface area contributed by atoms with Gasteiger partial charge in [0.05, 0.1) is 5.41 Å². The van der Waals surface area contributed by atoms with Crippen molar-refractivity contribution >= 4 is 11.8 Å². The first-order chi connectivity index (χ1) is 7.57. The number of Topliss-reactive ketones (excluding diaryl/α,β-unsaturated/α-hetero) is 1. The van der Waals surface area contributed by atoms with Crippen LogP contribution < -0.4 is 0 Å². The maximum Gasteiger partial charge on any atom is 0.312 e. The Kier molecular flexibility index (Phi) is 4.51. The molecule has 2 atom stereocenters. The Morgan fingerprint density at radius 1 is 1.44 bits per heavy atom. The zero-order valence-electron chi connectivity index (χ0n) is 10.5. The molecule has 0 radical (unpaired) electrons. The van der Waals surface area contributed by atoms with Gasteiger partial charge in [0.1, 0.15) is 11.9 Å². The van der Waals surface area contributed by atoms with E-state index in [1.807, 2.05) is 20.8 Å². The van der Waals surface area contributed by atoms with Gasteiger partial charge in [0.25, 0.3) is 0 Å². The molecular weight excluding hydrogens is 204 g/mol. The van der Waals surface area contributed by atoms with Gasteiger partial charge in [-0.05, 0) is 12.8 Å². The Hall–Kier alpha value is -0.860. The van der Waals surface area contributed by atoms with Crippen LogP contribution in [0, 0.1) is 5.41 Å². The predicted molar refractivity (Wildman–Crippen MR) is 62.0 cm³/mol. The number of hydrogen-bond donors (Lipinski definition) is 0. The van der Waals surface area contributed by atoms with E-state index in [1.165, 1.54) is 0 Å². The number of ether oxygens (including phenoxy) is 1. The Morgan fingerprint density at radius 3 is 2.56 bits per heavy atom. The van der Waals surface area contributed by atoms with Crippen LogP contribution in [0.25, 0.3) is 0 Å². The highest BCUT2D eigenvalue weighted by molar-refractivity contribution is 5.88. The average Bonchev–Trinajstić information content (AvgIpc) is 2.56. The molecule has 2 unspecified atom stereocenters. The SMILES string of the molecule is CCCC1(CC(=O)CC)CC(CC)OC1=O. The van der Waals surface area contributed by atoms with Crippen LogP contribution in [0.15, 0.2) is 0 Å². The number of cyclic esters (lactones) is 1. The highest BCUT2D eigenvalue weighted by Gasteiger charge is 2.48. The minimum atomic E-state index is -0.511. The van der Waals surface area contributed by atoms with Gasteiger partial charge in [-0.1, -0.05) is 27.2 Å². The number of hydrogen-bond acceptors (Lipinski definition) is 3. The molecule has 3 nitrogen and oxygen atoms in total. The van der Waals surface area contributed by atoms with Crippen molar-refractivity contribution in [1.82, 2.24) is 0 Å². The summed E-state index contributed by atoms with van der Waals surface area (Å²) < 4.78 is 5.33. The van der Waals surface area contributed by atoms with E-state index in [2.05, 4.69) is 0 Å². The number of esters is 1. The third-order valence-corrected chi connectivity index (χ3v) is 3.44. The Labute approximate surface area is 97.5 Å². The van der Waals surface area contributed by atoms with E-state index in [1.54, 1.807) is 0 Å². The second kappa shape index (κ2) is 5.46. The van der Waals surface area contributed by atoms with Crippen molar-refractivity contribution < 1.29 is 14.3 Å². The molecule has 1 saturated heterocycles. The predicted octanol–water partition coefficient (Wildman–Crippen LogP) is 2.87. The molecule has 16 heavy (non-hydrogen) atoms. The summed E-state index contributed by atoms with van der Waals surface area (Å²) in [4.78, 5) is 23.5. The topological polar surface area (TPSA) is 43.4 Å². The van der Waals surface area contributed by atoms with Crippen molar-refractivity contribution in [1.29, 1.82) is 0 Å². The van der Waals surface area contributed by atoms with E-state index in [0.717, 1.165) is 25.7 Å². The summed E-state index contributed by atoms with van der Waals surface area (Å²) >= 11 is 0. The van der Waals surface area contributed by atoms with Gasteiger partial charge < -0.3 is 4.74 Å². The van der Waals surface area contributed by atoms with Crippen LogP contribution in [0.5, 0.6) is 0 Å². The number of carbonyl (C=O) groups is 2. The van der Waals surface area contributed by atoms with Crippen LogP contribution in [0.4, 0.5) is 0 Å². The Morgan fingerprint density at radius 2 is 2.12 bits per heavy atom. The van der Waals surface area contributed by atoms with Gasteiger partial charge in [-0.15, -0.1) is 0 Å². The van der Waals surface area contributed by atoms with Gasteiger partial charge in [0.15, 0.2) is 0 Å². The van der Waals surface area contributed by atoms with Crippen molar-refractivity contribution in [3.63, 3.8) is 0 Å². The van der Waals surface area contributed by atoms with Crippen LogP contribution in [0.3, 0.4) is 0 Å². The summed E-state index contributed by atoms with van der Waals surface area (Å²) in [6.07, 6.45) is 4.15. The van der Waals surface area contributed by atoms with Crippen LogP contribution >= 0.6 is 0 Å². The van der Waals surface area contributed by atoms with Crippen molar-refractivity contribution in [3.8, 4) is 0 Å². The summed E-state index contributed by atoms with van der Waals surface area (Å²) in [6.45, 7) is 5.91. The van der Waals surface area contributed by atoms with E-state index in [-0.39, 0.29) is 17.9 Å². The first-order valence-electron chi connectivity index (χ1n) is 6.30. The Bertz CT molecular complexity index is 272. The van der Waals surface area contributed by atoms with Gasteiger partial charge in [0, 0.05) is 19.3 Å². The molecule has 0 aliphatic carbocycles. The van der Waals surface area contributed by atoms with Crippen molar-refractivity contribution in [2.75, 3.05) is 0 Å². The maximum absolute atomic E-state index is 11.9. The number of ketones is 1. The van der Waals surface area contributed by atoms with Crippen molar-refractivity contribution in [2.24, 2.45) is 5.41 Å². The summed E-state index contributed by atoms with van der Waals surface area (Å²) in [5.74, 6) is 0.0187. The molecule has 1 rings (SSSR count). The van der Waals surface area contributed by atoms with Crippen LogP contribution in [0.1, 0.15) is 59.3 Å². The monoisotopic (exact) mass is 226 g/mol. The van der Waals surface area contributed by atoms with E-state index >= 15 is 0 Å². The molecule has 0 N–H and O–H groups in total. The van der Waals surface area contributed by atoms with Crippen molar-refractivity contribution in [3.05, 3.63) is 0 Å². The fraction of sp³-hybridized carbons (Fsp3) is 0.846. The molecule has 1 aliphatic heterocycles. The summed E-state index contributed by atoms with van der Waals surface area (Å²) in [6, 6.07) is 0. The lowest BCUT2D eigenvalue weighted by Gasteiger charge is -2.23. The lowest BCUT2D eigenvalue weighted by Crippen LogP contribution is -2.29. The first kappa shape index (κ1) is 13.2. The second-order valence-electron chi connectivity index (χ2n) is 4.74. The van der Waals surface area contributed by atoms with E-state index in [9.17, 15) is 9.59 Å². The zero-order valence-corrected chi connectivity index (χ0v) is 10.5. The molecule has 0 amide bonds. The third-order valence-electron chi connectivity index (χ3n) is 3.44. The fourth-order valence-corrected chi connectivity index (χ4v) is 2.48. The average molecular weight is 226 g/mol. The highest BCUT2D eigenvalue weighted by Crippen LogP contribution is 2.42. The molecule has 1 heterocycles. The minimum absolute atomic E-state index is 0.0173. The largest absolute Gasteiger partial charge is 0.462 e. The fourth-order valence-electron chi connectivity index (χ4n) is 2.48. The highest BCUT2D eigenvalue weighted by atomic mass is 16.6. The number of carbonyl (C=O) groups excluding carboxylic acids is 2. The molecule has 3 heteroatoms. The molecule has 0 aromatic heterocycles. The van der Waals surface area contributed by atoms with E-state index < -0.39 is 5.41 Å². The second-order valence-corrected chi connectivity index (χ2v) is 4.74. The molecule has 0 aromatic carbocycles. The zero-order chi connectivity index (χ0) is 12.2. The number of rotatable bonds is 6. The smallest absolute Gasteiger partial charge is 0.312 e. The van der Waals surface area contributed by atoms with Gasteiger partial charge in [-0.3, -0.25) is 9.59 Å². The molecule has 1 aliphatic rings. The molecule has 0 aromatic rings. The van der Waals surface area contributed by atoms with Crippen LogP contribution in [-0.2, 0) is 14.3 Å². The standard InChI is InChI=1S/C13H22O3/c1-4-7-13(8-10(14)5-2)9-11(6-3)16-12(13)15/h11H,4-9H2,1-3H3. The maximum atomic E-state index is 11.9. The molecule has 0 spiro atoms. The summed E-state index contributed by atoms with van der Waals surface area (Å²) in [7, 11) is 0. The van der Waals surface area contributed by atoms with Gasteiger partial charge in [-0.25, -0.2) is 0 Å². The van der Waals surface area contributed by atoms with Gasteiger partial charge >= 0.3 is 5.97 Å². The van der Waals surface area contributed by atoms with Gasteiger partial charge in [0.2, 0.25) is 0 Å². The van der Waals surface area contributed by atoms with Crippen LogP contribution in [0.2, 0.25) is 0 Å². The third kappa shape index (κ3) is 2.63. The molecule has 1 fully saturated rings. The first-order valence-corrected chi connectivity index (χ1v) is 6.30. The normalized spacial score (nSPS) is 29.2. The minimum Gasteiger partial charge on any atom is -0.462 e. The molecular formula is C13H22O3. The summed E-state index contributed by atoms with van der Waals surface area (Å²) in [5.41, 5.74) is -0.511. The summed E-state index contributed by atoms with van der Waals surface area (Å²) in [5, 5.41) is 0. The lowest BCUT2D eigenvalue weighted by molar-refractivity contribution is -0.151. The quantitative estimate of drug-likeness (QED) is 0.654. The lowest BCUT2D eigenvalue weighted by atomic mass is 9.76.